The molecule has 2 nitrogen and oxygen atoms in total. The minimum absolute atomic E-state index is 0.129. The van der Waals surface area contributed by atoms with Crippen molar-refractivity contribution in [3.63, 3.8) is 0 Å². The standard InChI is InChI=1S/C19H18ClNOS/c1-19(2,3)10-5-8-14-11(9-10)16-18(23-14)15-13(22-4)7-6-12(20)17(15)21-16/h5-9,21H,1-4H3. The van der Waals surface area contributed by atoms with E-state index in [0.29, 0.717) is 0 Å². The van der Waals surface area contributed by atoms with Gasteiger partial charge in [0.05, 0.1) is 33.3 Å². The van der Waals surface area contributed by atoms with Crippen LogP contribution in [0.1, 0.15) is 26.3 Å². The summed E-state index contributed by atoms with van der Waals surface area (Å²) in [6.45, 7) is 6.72. The van der Waals surface area contributed by atoms with Gasteiger partial charge in [-0.2, -0.15) is 0 Å². The molecule has 118 valence electrons. The molecule has 0 amide bonds. The van der Waals surface area contributed by atoms with E-state index in [4.69, 9.17) is 16.3 Å². The van der Waals surface area contributed by atoms with Crippen molar-refractivity contribution in [2.45, 2.75) is 26.2 Å². The predicted octanol–water partition coefficient (Wildman–Crippen LogP) is 6.50. The summed E-state index contributed by atoms with van der Waals surface area (Å²) in [6, 6.07) is 10.6. The molecule has 4 aromatic rings. The lowest BCUT2D eigenvalue weighted by atomic mass is 9.86. The molecule has 0 bridgehead atoms. The quantitative estimate of drug-likeness (QED) is 0.419. The molecule has 23 heavy (non-hydrogen) atoms. The number of benzene rings is 2. The summed E-state index contributed by atoms with van der Waals surface area (Å²) in [7, 11) is 1.70. The Hall–Kier alpha value is -1.71. The smallest absolute Gasteiger partial charge is 0.129 e. The molecule has 2 aromatic heterocycles. The zero-order valence-electron chi connectivity index (χ0n) is 13.6. The maximum Gasteiger partial charge on any atom is 0.129 e. The minimum Gasteiger partial charge on any atom is -0.496 e. The number of ether oxygens (including phenoxy) is 1. The van der Waals surface area contributed by atoms with Crippen molar-refractivity contribution in [2.24, 2.45) is 0 Å². The zero-order chi connectivity index (χ0) is 16.4. The van der Waals surface area contributed by atoms with E-state index in [0.717, 1.165) is 27.2 Å². The molecule has 4 rings (SSSR count). The highest BCUT2D eigenvalue weighted by Crippen LogP contribution is 2.44. The van der Waals surface area contributed by atoms with Crippen molar-refractivity contribution in [1.29, 1.82) is 0 Å². The molecule has 2 heterocycles. The summed E-state index contributed by atoms with van der Waals surface area (Å²) < 4.78 is 8.04. The van der Waals surface area contributed by atoms with Crippen molar-refractivity contribution in [1.82, 2.24) is 4.98 Å². The van der Waals surface area contributed by atoms with Crippen molar-refractivity contribution in [3.05, 3.63) is 40.9 Å². The Morgan fingerprint density at radius 3 is 2.57 bits per heavy atom. The lowest BCUT2D eigenvalue weighted by Crippen LogP contribution is -2.10. The van der Waals surface area contributed by atoms with Crippen LogP contribution in [0.4, 0.5) is 0 Å². The Balaban J connectivity index is 2.15. The van der Waals surface area contributed by atoms with Crippen LogP contribution in [0.5, 0.6) is 5.75 Å². The number of aromatic nitrogens is 1. The van der Waals surface area contributed by atoms with E-state index in [-0.39, 0.29) is 5.41 Å². The second-order valence-corrected chi connectivity index (χ2v) is 8.35. The minimum atomic E-state index is 0.129. The van der Waals surface area contributed by atoms with Crippen molar-refractivity contribution >= 4 is 54.1 Å². The summed E-state index contributed by atoms with van der Waals surface area (Å²) in [5.74, 6) is 0.859. The number of aromatic amines is 1. The maximum atomic E-state index is 6.39. The van der Waals surface area contributed by atoms with E-state index in [1.54, 1.807) is 18.4 Å². The van der Waals surface area contributed by atoms with Crippen molar-refractivity contribution in [2.75, 3.05) is 7.11 Å². The molecular formula is C19H18ClNOS. The van der Waals surface area contributed by atoms with Crippen LogP contribution in [-0.4, -0.2) is 12.1 Å². The van der Waals surface area contributed by atoms with Crippen molar-refractivity contribution < 1.29 is 4.74 Å². The molecule has 0 saturated carbocycles. The fraction of sp³-hybridized carbons (Fsp3) is 0.263. The Kier molecular flexibility index (Phi) is 3.16. The molecule has 0 atom stereocenters. The van der Waals surface area contributed by atoms with Gasteiger partial charge >= 0.3 is 0 Å². The lowest BCUT2D eigenvalue weighted by molar-refractivity contribution is 0.420. The van der Waals surface area contributed by atoms with Crippen LogP contribution in [0.2, 0.25) is 5.02 Å². The Morgan fingerprint density at radius 2 is 1.87 bits per heavy atom. The van der Waals surface area contributed by atoms with Crippen LogP contribution in [0, 0.1) is 0 Å². The number of hydrogen-bond acceptors (Lipinski definition) is 2. The van der Waals surface area contributed by atoms with E-state index >= 15 is 0 Å². The third kappa shape index (κ3) is 2.14. The molecule has 0 saturated heterocycles. The zero-order valence-corrected chi connectivity index (χ0v) is 15.2. The largest absolute Gasteiger partial charge is 0.496 e. The van der Waals surface area contributed by atoms with Crippen LogP contribution in [0.15, 0.2) is 30.3 Å². The van der Waals surface area contributed by atoms with Gasteiger partial charge in [-0.1, -0.05) is 38.4 Å². The first-order valence-corrected chi connectivity index (χ1v) is 8.80. The van der Waals surface area contributed by atoms with Gasteiger partial charge in [-0.3, -0.25) is 0 Å². The summed E-state index contributed by atoms with van der Waals surface area (Å²) in [5, 5.41) is 3.06. The fourth-order valence-corrected chi connectivity index (χ4v) is 4.46. The Morgan fingerprint density at radius 1 is 1.09 bits per heavy atom. The second-order valence-electron chi connectivity index (χ2n) is 6.89. The maximum absolute atomic E-state index is 6.39. The number of nitrogens with one attached hydrogen (secondary N) is 1. The Bertz CT molecular complexity index is 1050. The molecule has 4 heteroatoms. The average Bonchev–Trinajstić information content (AvgIpc) is 3.03. The summed E-state index contributed by atoms with van der Waals surface area (Å²) in [6.07, 6.45) is 0. The average molecular weight is 344 g/mol. The van der Waals surface area contributed by atoms with Crippen molar-refractivity contribution in [3.8, 4) is 5.75 Å². The normalized spacial score (nSPS) is 12.6. The van der Waals surface area contributed by atoms with Gasteiger partial charge in [0, 0.05) is 10.1 Å². The van der Waals surface area contributed by atoms with Gasteiger partial charge in [0.2, 0.25) is 0 Å². The summed E-state index contributed by atoms with van der Waals surface area (Å²) in [5.41, 5.74) is 3.57. The monoisotopic (exact) mass is 343 g/mol. The van der Waals surface area contributed by atoms with Gasteiger partial charge in [-0.05, 0) is 35.2 Å². The van der Waals surface area contributed by atoms with E-state index in [9.17, 15) is 0 Å². The highest BCUT2D eigenvalue weighted by atomic mass is 35.5. The molecule has 0 unspecified atom stereocenters. The topological polar surface area (TPSA) is 25.0 Å². The number of rotatable bonds is 1. The first-order valence-electron chi connectivity index (χ1n) is 7.61. The van der Waals surface area contributed by atoms with Gasteiger partial charge < -0.3 is 9.72 Å². The molecule has 0 fully saturated rings. The first kappa shape index (κ1) is 14.9. The SMILES string of the molecule is COc1ccc(Cl)c2[nH]c3c4cc(C(C)(C)C)ccc4sc3c12. The Labute approximate surface area is 144 Å². The van der Waals surface area contributed by atoms with Crippen LogP contribution in [0.25, 0.3) is 31.2 Å². The molecule has 0 aliphatic heterocycles. The van der Waals surface area contributed by atoms with Crippen LogP contribution in [-0.2, 0) is 5.41 Å². The van der Waals surface area contributed by atoms with E-state index < -0.39 is 0 Å². The molecule has 0 aliphatic carbocycles. The predicted molar refractivity (Wildman–Crippen MR) is 101 cm³/mol. The van der Waals surface area contributed by atoms with Crippen LogP contribution in [0.3, 0.4) is 0 Å². The van der Waals surface area contributed by atoms with Gasteiger partial charge in [0.25, 0.3) is 0 Å². The third-order valence-corrected chi connectivity index (χ3v) is 5.87. The van der Waals surface area contributed by atoms with Crippen LogP contribution >= 0.6 is 22.9 Å². The lowest BCUT2D eigenvalue weighted by Gasteiger charge is -2.18. The number of thiophene rings is 1. The number of fused-ring (bicyclic) bond motifs is 5. The fourth-order valence-electron chi connectivity index (χ4n) is 3.07. The third-order valence-electron chi connectivity index (χ3n) is 4.37. The van der Waals surface area contributed by atoms with E-state index in [2.05, 4.69) is 44.0 Å². The summed E-state index contributed by atoms with van der Waals surface area (Å²) in [4.78, 5) is 3.52. The number of halogens is 1. The number of hydrogen-bond donors (Lipinski definition) is 1. The number of methoxy groups -OCH3 is 1. The van der Waals surface area contributed by atoms with Gasteiger partial charge in [-0.25, -0.2) is 0 Å². The van der Waals surface area contributed by atoms with Gasteiger partial charge in [-0.15, -0.1) is 11.3 Å². The van der Waals surface area contributed by atoms with Gasteiger partial charge in [0.15, 0.2) is 0 Å². The molecule has 0 aliphatic rings. The highest BCUT2D eigenvalue weighted by molar-refractivity contribution is 7.26. The molecule has 2 aromatic carbocycles. The van der Waals surface area contributed by atoms with Crippen LogP contribution < -0.4 is 4.74 Å². The first-order chi connectivity index (χ1) is 10.9. The van der Waals surface area contributed by atoms with Gasteiger partial charge in [0.1, 0.15) is 5.75 Å². The molecule has 1 N–H and O–H groups in total. The molecular weight excluding hydrogens is 326 g/mol. The molecule has 0 spiro atoms. The molecule has 0 radical (unpaired) electrons. The summed E-state index contributed by atoms with van der Waals surface area (Å²) >= 11 is 8.17. The van der Waals surface area contributed by atoms with E-state index in [1.807, 2.05) is 12.1 Å². The highest BCUT2D eigenvalue weighted by Gasteiger charge is 2.19. The second kappa shape index (κ2) is 4.89. The number of H-pyrrole nitrogens is 1. The van der Waals surface area contributed by atoms with E-state index in [1.165, 1.54) is 20.3 Å².